The standard InChI is InChI=1S/C14H28N2O2/c1-10(15-9-11-7-14(11,5)6)8-16-12(17)18-13(2,3)4/h10-11,15H,7-9H2,1-6H3,(H,16,17). The van der Waals surface area contributed by atoms with Crippen LogP contribution in [-0.4, -0.2) is 30.8 Å². The van der Waals surface area contributed by atoms with Gasteiger partial charge >= 0.3 is 6.09 Å². The molecule has 0 bridgehead atoms. The van der Waals surface area contributed by atoms with E-state index in [0.717, 1.165) is 12.5 Å². The van der Waals surface area contributed by atoms with Gasteiger partial charge in [-0.2, -0.15) is 0 Å². The molecular weight excluding hydrogens is 228 g/mol. The lowest BCUT2D eigenvalue weighted by atomic mass is 10.1. The van der Waals surface area contributed by atoms with E-state index in [1.165, 1.54) is 6.42 Å². The highest BCUT2D eigenvalue weighted by Crippen LogP contribution is 2.50. The molecule has 0 aromatic carbocycles. The maximum Gasteiger partial charge on any atom is 0.407 e. The molecule has 1 aliphatic rings. The van der Waals surface area contributed by atoms with E-state index in [1.54, 1.807) is 0 Å². The molecule has 106 valence electrons. The number of rotatable bonds is 5. The van der Waals surface area contributed by atoms with E-state index < -0.39 is 5.60 Å². The zero-order chi connectivity index (χ0) is 14.0. The van der Waals surface area contributed by atoms with Crippen LogP contribution in [0.15, 0.2) is 0 Å². The van der Waals surface area contributed by atoms with Gasteiger partial charge in [0.25, 0.3) is 0 Å². The number of carbonyl (C=O) groups is 1. The summed E-state index contributed by atoms with van der Waals surface area (Å²) in [6.07, 6.45) is 0.953. The van der Waals surface area contributed by atoms with Crippen LogP contribution in [0.1, 0.15) is 48.0 Å². The van der Waals surface area contributed by atoms with Gasteiger partial charge in [-0.25, -0.2) is 4.79 Å². The van der Waals surface area contributed by atoms with E-state index in [-0.39, 0.29) is 12.1 Å². The zero-order valence-corrected chi connectivity index (χ0v) is 12.6. The molecule has 4 heteroatoms. The Kier molecular flexibility index (Phi) is 4.65. The second-order valence-electron chi connectivity index (χ2n) is 7.08. The van der Waals surface area contributed by atoms with Gasteiger partial charge in [-0.15, -0.1) is 0 Å². The van der Waals surface area contributed by atoms with Crippen LogP contribution >= 0.6 is 0 Å². The highest BCUT2D eigenvalue weighted by Gasteiger charge is 2.44. The number of ether oxygens (including phenoxy) is 1. The number of hydrogen-bond donors (Lipinski definition) is 2. The molecule has 0 spiro atoms. The lowest BCUT2D eigenvalue weighted by molar-refractivity contribution is 0.0523. The first kappa shape index (κ1) is 15.3. The minimum Gasteiger partial charge on any atom is -0.444 e. The van der Waals surface area contributed by atoms with Crippen LogP contribution in [0.3, 0.4) is 0 Å². The molecule has 4 nitrogen and oxygen atoms in total. The summed E-state index contributed by atoms with van der Waals surface area (Å²) in [4.78, 5) is 11.5. The van der Waals surface area contributed by atoms with Gasteiger partial charge in [-0.05, 0) is 52.0 Å². The minimum atomic E-state index is -0.432. The van der Waals surface area contributed by atoms with Crippen LogP contribution in [0.25, 0.3) is 0 Å². The fourth-order valence-corrected chi connectivity index (χ4v) is 1.89. The normalized spacial score (nSPS) is 23.3. The number of carbonyl (C=O) groups excluding carboxylic acids is 1. The molecule has 1 rings (SSSR count). The van der Waals surface area contributed by atoms with E-state index in [4.69, 9.17) is 4.74 Å². The van der Waals surface area contributed by atoms with Crippen molar-refractivity contribution in [3.05, 3.63) is 0 Å². The van der Waals surface area contributed by atoms with Crippen molar-refractivity contribution >= 4 is 6.09 Å². The fraction of sp³-hybridized carbons (Fsp3) is 0.929. The molecule has 1 amide bonds. The Morgan fingerprint density at radius 3 is 2.44 bits per heavy atom. The average Bonchev–Trinajstić information content (AvgIpc) is 2.78. The Bertz CT molecular complexity index is 295. The molecule has 1 aliphatic carbocycles. The molecule has 2 unspecified atom stereocenters. The lowest BCUT2D eigenvalue weighted by Crippen LogP contribution is -2.41. The van der Waals surface area contributed by atoms with Crippen molar-refractivity contribution in [1.29, 1.82) is 0 Å². The maximum absolute atomic E-state index is 11.5. The quantitative estimate of drug-likeness (QED) is 0.794. The van der Waals surface area contributed by atoms with Crippen molar-refractivity contribution in [3.63, 3.8) is 0 Å². The van der Waals surface area contributed by atoms with Gasteiger partial charge in [0.2, 0.25) is 0 Å². The zero-order valence-electron chi connectivity index (χ0n) is 12.6. The van der Waals surface area contributed by atoms with Gasteiger partial charge in [0, 0.05) is 12.6 Å². The summed E-state index contributed by atoms with van der Waals surface area (Å²) in [6, 6.07) is 0.272. The summed E-state index contributed by atoms with van der Waals surface area (Å²) in [6.45, 7) is 13.9. The largest absolute Gasteiger partial charge is 0.444 e. The van der Waals surface area contributed by atoms with Gasteiger partial charge in [0.15, 0.2) is 0 Å². The van der Waals surface area contributed by atoms with E-state index in [1.807, 2.05) is 20.8 Å². The van der Waals surface area contributed by atoms with Gasteiger partial charge in [-0.1, -0.05) is 13.8 Å². The van der Waals surface area contributed by atoms with Crippen molar-refractivity contribution in [2.75, 3.05) is 13.1 Å². The van der Waals surface area contributed by atoms with Crippen LogP contribution in [0.2, 0.25) is 0 Å². The summed E-state index contributed by atoms with van der Waals surface area (Å²) in [5.74, 6) is 0.779. The van der Waals surface area contributed by atoms with Gasteiger partial charge in [0.1, 0.15) is 5.60 Å². The van der Waals surface area contributed by atoms with Crippen molar-refractivity contribution in [1.82, 2.24) is 10.6 Å². The second-order valence-corrected chi connectivity index (χ2v) is 7.08. The molecule has 0 saturated heterocycles. The smallest absolute Gasteiger partial charge is 0.407 e. The predicted molar refractivity (Wildman–Crippen MR) is 73.6 cm³/mol. The summed E-state index contributed by atoms with van der Waals surface area (Å²) in [7, 11) is 0. The SMILES string of the molecule is CC(CNC(=O)OC(C)(C)C)NCC1CC1(C)C. The maximum atomic E-state index is 11.5. The molecule has 0 aliphatic heterocycles. The first-order valence-corrected chi connectivity index (χ1v) is 6.80. The summed E-state index contributed by atoms with van der Waals surface area (Å²) >= 11 is 0. The Hall–Kier alpha value is -0.770. The highest BCUT2D eigenvalue weighted by atomic mass is 16.6. The molecule has 2 atom stereocenters. The molecule has 0 aromatic heterocycles. The van der Waals surface area contributed by atoms with Gasteiger partial charge < -0.3 is 15.4 Å². The Labute approximate surface area is 111 Å². The van der Waals surface area contributed by atoms with Gasteiger partial charge in [0.05, 0.1) is 0 Å². The molecule has 18 heavy (non-hydrogen) atoms. The van der Waals surface area contributed by atoms with E-state index in [0.29, 0.717) is 12.0 Å². The Morgan fingerprint density at radius 1 is 1.44 bits per heavy atom. The van der Waals surface area contributed by atoms with Crippen LogP contribution in [0.5, 0.6) is 0 Å². The number of amides is 1. The molecule has 0 radical (unpaired) electrons. The Morgan fingerprint density at radius 2 is 2.00 bits per heavy atom. The van der Waals surface area contributed by atoms with Crippen LogP contribution < -0.4 is 10.6 Å². The molecule has 2 N–H and O–H groups in total. The molecule has 1 saturated carbocycles. The summed E-state index contributed by atoms with van der Waals surface area (Å²) in [5.41, 5.74) is 0.0735. The van der Waals surface area contributed by atoms with Crippen molar-refractivity contribution in [2.45, 2.75) is 59.6 Å². The molecule has 1 fully saturated rings. The first-order valence-electron chi connectivity index (χ1n) is 6.80. The van der Waals surface area contributed by atoms with Gasteiger partial charge in [-0.3, -0.25) is 0 Å². The number of alkyl carbamates (subject to hydrolysis) is 1. The average molecular weight is 256 g/mol. The number of hydrogen-bond acceptors (Lipinski definition) is 3. The van der Waals surface area contributed by atoms with Crippen molar-refractivity contribution in [3.8, 4) is 0 Å². The predicted octanol–water partition coefficient (Wildman–Crippen LogP) is 2.54. The third kappa shape index (κ3) is 5.71. The molecule has 0 aromatic rings. The summed E-state index contributed by atoms with van der Waals surface area (Å²) < 4.78 is 5.18. The minimum absolute atomic E-state index is 0.272. The van der Waals surface area contributed by atoms with Crippen LogP contribution in [-0.2, 0) is 4.74 Å². The van der Waals surface area contributed by atoms with E-state index in [2.05, 4.69) is 31.4 Å². The third-order valence-corrected chi connectivity index (χ3v) is 3.38. The molecule has 0 heterocycles. The first-order chi connectivity index (χ1) is 8.10. The highest BCUT2D eigenvalue weighted by molar-refractivity contribution is 5.67. The third-order valence-electron chi connectivity index (χ3n) is 3.38. The topological polar surface area (TPSA) is 50.4 Å². The van der Waals surface area contributed by atoms with Crippen LogP contribution in [0, 0.1) is 11.3 Å². The monoisotopic (exact) mass is 256 g/mol. The Balaban J connectivity index is 2.10. The van der Waals surface area contributed by atoms with Crippen LogP contribution in [0.4, 0.5) is 4.79 Å². The fourth-order valence-electron chi connectivity index (χ4n) is 1.89. The number of nitrogens with one attached hydrogen (secondary N) is 2. The second kappa shape index (κ2) is 5.47. The van der Waals surface area contributed by atoms with Crippen molar-refractivity contribution in [2.24, 2.45) is 11.3 Å². The lowest BCUT2D eigenvalue weighted by Gasteiger charge is -2.21. The van der Waals surface area contributed by atoms with E-state index in [9.17, 15) is 4.79 Å². The van der Waals surface area contributed by atoms with Crippen molar-refractivity contribution < 1.29 is 9.53 Å². The van der Waals surface area contributed by atoms with E-state index >= 15 is 0 Å². The molecular formula is C14H28N2O2. The summed E-state index contributed by atoms with van der Waals surface area (Å²) in [5, 5.41) is 6.23.